The highest BCUT2D eigenvalue weighted by atomic mass is 16.3. The molecule has 0 radical (unpaired) electrons. The zero-order valence-corrected chi connectivity index (χ0v) is 7.09. The molecular weight excluding hydrogens is 154 g/mol. The summed E-state index contributed by atoms with van der Waals surface area (Å²) in [6.45, 7) is 3.70. The number of aryl methyl sites for hydroxylation is 2. The van der Waals surface area contributed by atoms with Crippen LogP contribution in [0.1, 0.15) is 11.1 Å². The van der Waals surface area contributed by atoms with Crippen molar-refractivity contribution in [1.82, 2.24) is 0 Å². The number of amides is 1. The van der Waals surface area contributed by atoms with E-state index in [9.17, 15) is 9.90 Å². The number of rotatable bonds is 2. The summed E-state index contributed by atoms with van der Waals surface area (Å²) in [6, 6.07) is 3.57. The van der Waals surface area contributed by atoms with E-state index in [0.29, 0.717) is 12.1 Å². The average Bonchev–Trinajstić information content (AvgIpc) is 2.00. The van der Waals surface area contributed by atoms with E-state index in [1.807, 2.05) is 13.0 Å². The number of phenolic OH excluding ortho intramolecular Hbond substituents is 1. The van der Waals surface area contributed by atoms with Crippen LogP contribution in [0.2, 0.25) is 0 Å². The second-order valence-corrected chi connectivity index (χ2v) is 2.74. The third-order valence-corrected chi connectivity index (χ3v) is 1.66. The second kappa shape index (κ2) is 3.26. The van der Waals surface area contributed by atoms with Crippen molar-refractivity contribution in [2.24, 2.45) is 0 Å². The van der Waals surface area contributed by atoms with Crippen molar-refractivity contribution >= 4 is 12.1 Å². The van der Waals surface area contributed by atoms with Crippen molar-refractivity contribution in [2.75, 3.05) is 5.32 Å². The molecule has 0 saturated carbocycles. The third-order valence-electron chi connectivity index (χ3n) is 1.66. The number of carbonyl (C=O) groups is 1. The average molecular weight is 165 g/mol. The second-order valence-electron chi connectivity index (χ2n) is 2.74. The van der Waals surface area contributed by atoms with Crippen LogP contribution >= 0.6 is 0 Å². The highest BCUT2D eigenvalue weighted by Gasteiger charge is 2.03. The molecule has 0 atom stereocenters. The van der Waals surface area contributed by atoms with E-state index in [1.54, 1.807) is 13.0 Å². The Hall–Kier alpha value is -1.51. The summed E-state index contributed by atoms with van der Waals surface area (Å²) in [7, 11) is 0. The lowest BCUT2D eigenvalue weighted by Gasteiger charge is -2.06. The molecule has 12 heavy (non-hydrogen) atoms. The van der Waals surface area contributed by atoms with Crippen LogP contribution in [-0.4, -0.2) is 11.5 Å². The molecule has 0 aliphatic rings. The summed E-state index contributed by atoms with van der Waals surface area (Å²) in [6.07, 6.45) is 0.550. The van der Waals surface area contributed by atoms with Crippen molar-refractivity contribution in [1.29, 1.82) is 0 Å². The van der Waals surface area contributed by atoms with E-state index in [-0.39, 0.29) is 5.75 Å². The predicted molar refractivity (Wildman–Crippen MR) is 47.3 cm³/mol. The van der Waals surface area contributed by atoms with Gasteiger partial charge < -0.3 is 10.4 Å². The van der Waals surface area contributed by atoms with Gasteiger partial charge >= 0.3 is 0 Å². The van der Waals surface area contributed by atoms with Crippen LogP contribution in [0.4, 0.5) is 5.69 Å². The van der Waals surface area contributed by atoms with Gasteiger partial charge in [0.25, 0.3) is 0 Å². The molecule has 0 unspecified atom stereocenters. The molecule has 1 amide bonds. The topological polar surface area (TPSA) is 49.3 Å². The van der Waals surface area contributed by atoms with Gasteiger partial charge in [0.1, 0.15) is 5.75 Å². The van der Waals surface area contributed by atoms with Crippen LogP contribution in [0.5, 0.6) is 5.75 Å². The molecule has 0 spiro atoms. The van der Waals surface area contributed by atoms with Gasteiger partial charge in [-0.3, -0.25) is 4.79 Å². The predicted octanol–water partition coefficient (Wildman–Crippen LogP) is 1.58. The minimum atomic E-state index is 0.132. The van der Waals surface area contributed by atoms with Gasteiger partial charge in [-0.15, -0.1) is 0 Å². The fourth-order valence-electron chi connectivity index (χ4n) is 1.13. The standard InChI is InChI=1S/C9H11NO2/c1-6-3-7(2)9(12)8(4-6)10-5-11/h3-5,12H,1-2H3,(H,10,11). The molecule has 0 heterocycles. The van der Waals surface area contributed by atoms with E-state index >= 15 is 0 Å². The van der Waals surface area contributed by atoms with Crippen molar-refractivity contribution in [3.63, 3.8) is 0 Å². The highest BCUT2D eigenvalue weighted by molar-refractivity contribution is 5.76. The highest BCUT2D eigenvalue weighted by Crippen LogP contribution is 2.27. The Morgan fingerprint density at radius 3 is 2.67 bits per heavy atom. The lowest BCUT2D eigenvalue weighted by atomic mass is 10.1. The van der Waals surface area contributed by atoms with Crippen LogP contribution in [0.15, 0.2) is 12.1 Å². The molecule has 0 saturated heterocycles. The number of aromatic hydroxyl groups is 1. The summed E-state index contributed by atoms with van der Waals surface area (Å²) in [4.78, 5) is 10.1. The summed E-state index contributed by atoms with van der Waals surface area (Å²) < 4.78 is 0. The number of carbonyl (C=O) groups excluding carboxylic acids is 1. The van der Waals surface area contributed by atoms with E-state index in [4.69, 9.17) is 0 Å². The van der Waals surface area contributed by atoms with Crippen LogP contribution < -0.4 is 5.32 Å². The van der Waals surface area contributed by atoms with Gasteiger partial charge in [0.05, 0.1) is 5.69 Å². The van der Waals surface area contributed by atoms with Crippen LogP contribution in [-0.2, 0) is 4.79 Å². The van der Waals surface area contributed by atoms with Crippen LogP contribution in [0, 0.1) is 13.8 Å². The summed E-state index contributed by atoms with van der Waals surface area (Å²) in [5, 5.41) is 11.9. The zero-order chi connectivity index (χ0) is 9.14. The first-order valence-electron chi connectivity index (χ1n) is 3.65. The largest absolute Gasteiger partial charge is 0.505 e. The van der Waals surface area contributed by atoms with Crippen molar-refractivity contribution in [3.05, 3.63) is 23.3 Å². The fraction of sp³-hybridized carbons (Fsp3) is 0.222. The van der Waals surface area contributed by atoms with Gasteiger partial charge in [0.2, 0.25) is 6.41 Å². The summed E-state index contributed by atoms with van der Waals surface area (Å²) in [5.41, 5.74) is 2.23. The van der Waals surface area contributed by atoms with Gasteiger partial charge in [-0.2, -0.15) is 0 Å². The molecule has 0 aliphatic heterocycles. The molecule has 0 bridgehead atoms. The fourth-order valence-corrected chi connectivity index (χ4v) is 1.13. The van der Waals surface area contributed by atoms with E-state index in [1.165, 1.54) is 0 Å². The van der Waals surface area contributed by atoms with Gasteiger partial charge in [0.15, 0.2) is 0 Å². The smallest absolute Gasteiger partial charge is 0.211 e. The maximum Gasteiger partial charge on any atom is 0.211 e. The molecule has 2 N–H and O–H groups in total. The molecule has 1 aromatic rings. The Morgan fingerprint density at radius 1 is 1.42 bits per heavy atom. The van der Waals surface area contributed by atoms with Crippen LogP contribution in [0.25, 0.3) is 0 Å². The number of anilines is 1. The van der Waals surface area contributed by atoms with Gasteiger partial charge in [-0.05, 0) is 31.0 Å². The van der Waals surface area contributed by atoms with E-state index < -0.39 is 0 Å². The minimum Gasteiger partial charge on any atom is -0.505 e. The van der Waals surface area contributed by atoms with E-state index in [2.05, 4.69) is 5.32 Å². The van der Waals surface area contributed by atoms with Crippen molar-refractivity contribution in [2.45, 2.75) is 13.8 Å². The number of phenols is 1. The molecular formula is C9H11NO2. The van der Waals surface area contributed by atoms with Gasteiger partial charge in [-0.1, -0.05) is 6.07 Å². The Morgan fingerprint density at radius 2 is 2.08 bits per heavy atom. The van der Waals surface area contributed by atoms with Gasteiger partial charge in [-0.25, -0.2) is 0 Å². The molecule has 0 aliphatic carbocycles. The molecule has 0 fully saturated rings. The number of benzene rings is 1. The summed E-state index contributed by atoms with van der Waals surface area (Å²) >= 11 is 0. The lowest BCUT2D eigenvalue weighted by molar-refractivity contribution is -0.105. The molecule has 1 rings (SSSR count). The normalized spacial score (nSPS) is 9.50. The molecule has 64 valence electrons. The Bertz CT molecular complexity index is 308. The quantitative estimate of drug-likeness (QED) is 0.516. The minimum absolute atomic E-state index is 0.132. The molecule has 3 nitrogen and oxygen atoms in total. The third kappa shape index (κ3) is 1.56. The lowest BCUT2D eigenvalue weighted by Crippen LogP contribution is -1.95. The first-order chi connectivity index (χ1) is 5.65. The van der Waals surface area contributed by atoms with Gasteiger partial charge in [0, 0.05) is 0 Å². The summed E-state index contributed by atoms with van der Waals surface area (Å²) in [5.74, 6) is 0.132. The van der Waals surface area contributed by atoms with E-state index in [0.717, 1.165) is 11.1 Å². The van der Waals surface area contributed by atoms with Crippen molar-refractivity contribution in [3.8, 4) is 5.75 Å². The Balaban J connectivity index is 3.17. The molecule has 1 aromatic carbocycles. The first-order valence-corrected chi connectivity index (χ1v) is 3.65. The maximum absolute atomic E-state index is 10.1. The maximum atomic E-state index is 10.1. The molecule has 3 heteroatoms. The first kappa shape index (κ1) is 8.59. The Kier molecular flexibility index (Phi) is 2.33. The monoisotopic (exact) mass is 165 g/mol. The number of nitrogens with one attached hydrogen (secondary N) is 1. The zero-order valence-electron chi connectivity index (χ0n) is 7.09. The number of hydrogen-bond acceptors (Lipinski definition) is 2. The Labute approximate surface area is 71.0 Å². The molecule has 0 aromatic heterocycles. The number of hydrogen-bond donors (Lipinski definition) is 2. The SMILES string of the molecule is Cc1cc(C)c(O)c(NC=O)c1. The van der Waals surface area contributed by atoms with Crippen molar-refractivity contribution < 1.29 is 9.90 Å². The van der Waals surface area contributed by atoms with Crippen LogP contribution in [0.3, 0.4) is 0 Å².